The van der Waals surface area contributed by atoms with Crippen molar-refractivity contribution in [3.05, 3.63) is 0 Å². The van der Waals surface area contributed by atoms with Gasteiger partial charge in [0, 0.05) is 12.6 Å². The largest absolute Gasteiger partial charge is 0.378 e. The minimum Gasteiger partial charge on any atom is -0.378 e. The molecule has 1 aliphatic heterocycles. The van der Waals surface area contributed by atoms with Crippen molar-refractivity contribution in [3.63, 3.8) is 0 Å². The standard InChI is InChI=1S/C15H31NO/c1-12(2)7-5-6-9-16-14-8-10-17-15(11-14)13(3)4/h12-16H,5-11H2,1-4H3. The van der Waals surface area contributed by atoms with Gasteiger partial charge in [-0.3, -0.25) is 0 Å². The summed E-state index contributed by atoms with van der Waals surface area (Å²) in [6.07, 6.45) is 6.90. The molecule has 1 N–H and O–H groups in total. The molecule has 0 aromatic carbocycles. The van der Waals surface area contributed by atoms with E-state index in [2.05, 4.69) is 33.0 Å². The summed E-state index contributed by atoms with van der Waals surface area (Å²) in [5.41, 5.74) is 0. The molecular weight excluding hydrogens is 210 g/mol. The fourth-order valence-corrected chi connectivity index (χ4v) is 2.46. The van der Waals surface area contributed by atoms with Crippen molar-refractivity contribution in [3.8, 4) is 0 Å². The Balaban J connectivity index is 2.06. The van der Waals surface area contributed by atoms with Gasteiger partial charge < -0.3 is 10.1 Å². The van der Waals surface area contributed by atoms with Crippen LogP contribution in [0.1, 0.15) is 59.8 Å². The van der Waals surface area contributed by atoms with Gasteiger partial charge in [0.05, 0.1) is 6.10 Å². The highest BCUT2D eigenvalue weighted by atomic mass is 16.5. The molecule has 1 fully saturated rings. The SMILES string of the molecule is CC(C)CCCCNC1CCOC(C(C)C)C1. The normalized spacial score (nSPS) is 25.8. The molecule has 0 amide bonds. The van der Waals surface area contributed by atoms with Crippen LogP contribution in [0.2, 0.25) is 0 Å². The average Bonchev–Trinajstić information content (AvgIpc) is 2.28. The van der Waals surface area contributed by atoms with E-state index in [9.17, 15) is 0 Å². The predicted molar refractivity (Wildman–Crippen MR) is 74.3 cm³/mol. The van der Waals surface area contributed by atoms with Crippen LogP contribution >= 0.6 is 0 Å². The van der Waals surface area contributed by atoms with E-state index in [0.717, 1.165) is 12.5 Å². The molecule has 1 rings (SSSR count). The van der Waals surface area contributed by atoms with Crippen LogP contribution in [0.25, 0.3) is 0 Å². The molecule has 0 aromatic heterocycles. The fraction of sp³-hybridized carbons (Fsp3) is 1.00. The van der Waals surface area contributed by atoms with E-state index in [1.807, 2.05) is 0 Å². The van der Waals surface area contributed by atoms with E-state index in [1.54, 1.807) is 0 Å². The third-order valence-corrected chi connectivity index (χ3v) is 3.70. The molecule has 0 bridgehead atoms. The minimum atomic E-state index is 0.469. The summed E-state index contributed by atoms with van der Waals surface area (Å²) >= 11 is 0. The maximum Gasteiger partial charge on any atom is 0.0612 e. The predicted octanol–water partition coefficient (Wildman–Crippen LogP) is 3.61. The van der Waals surface area contributed by atoms with E-state index < -0.39 is 0 Å². The van der Waals surface area contributed by atoms with E-state index in [-0.39, 0.29) is 0 Å². The number of unbranched alkanes of at least 4 members (excludes halogenated alkanes) is 1. The first-order valence-corrected chi connectivity index (χ1v) is 7.44. The molecular formula is C15H31NO. The monoisotopic (exact) mass is 241 g/mol. The number of rotatable bonds is 7. The van der Waals surface area contributed by atoms with Gasteiger partial charge >= 0.3 is 0 Å². The van der Waals surface area contributed by atoms with E-state index in [1.165, 1.54) is 38.6 Å². The lowest BCUT2D eigenvalue weighted by atomic mass is 9.95. The Labute approximate surface area is 108 Å². The number of nitrogens with one attached hydrogen (secondary N) is 1. The van der Waals surface area contributed by atoms with Crippen LogP contribution in [0.5, 0.6) is 0 Å². The van der Waals surface area contributed by atoms with Gasteiger partial charge in [0.1, 0.15) is 0 Å². The van der Waals surface area contributed by atoms with E-state index >= 15 is 0 Å². The van der Waals surface area contributed by atoms with Gasteiger partial charge in [-0.1, -0.05) is 40.5 Å². The lowest BCUT2D eigenvalue weighted by Gasteiger charge is -2.32. The molecule has 1 saturated heterocycles. The van der Waals surface area contributed by atoms with Crippen LogP contribution in [0.15, 0.2) is 0 Å². The Hall–Kier alpha value is -0.0800. The molecule has 1 heterocycles. The van der Waals surface area contributed by atoms with E-state index in [4.69, 9.17) is 4.74 Å². The van der Waals surface area contributed by atoms with Crippen LogP contribution < -0.4 is 5.32 Å². The Kier molecular flexibility index (Phi) is 7.14. The van der Waals surface area contributed by atoms with Crippen molar-refractivity contribution in [1.82, 2.24) is 5.32 Å². The van der Waals surface area contributed by atoms with Crippen molar-refractivity contribution in [2.45, 2.75) is 71.9 Å². The zero-order valence-electron chi connectivity index (χ0n) is 12.2. The van der Waals surface area contributed by atoms with E-state index in [0.29, 0.717) is 18.1 Å². The zero-order chi connectivity index (χ0) is 12.7. The van der Waals surface area contributed by atoms with Gasteiger partial charge in [0.25, 0.3) is 0 Å². The maximum atomic E-state index is 5.79. The molecule has 1 aliphatic rings. The first-order chi connectivity index (χ1) is 8.09. The smallest absolute Gasteiger partial charge is 0.0612 e. The number of hydrogen-bond acceptors (Lipinski definition) is 2. The van der Waals surface area contributed by atoms with Crippen LogP contribution in [-0.2, 0) is 4.74 Å². The second-order valence-corrected chi connectivity index (χ2v) is 6.22. The lowest BCUT2D eigenvalue weighted by molar-refractivity contribution is -0.0242. The minimum absolute atomic E-state index is 0.469. The van der Waals surface area contributed by atoms with Gasteiger partial charge in [0.2, 0.25) is 0 Å². The summed E-state index contributed by atoms with van der Waals surface area (Å²) in [6, 6.07) is 0.690. The van der Waals surface area contributed by atoms with Crippen molar-refractivity contribution in [1.29, 1.82) is 0 Å². The molecule has 102 valence electrons. The fourth-order valence-electron chi connectivity index (χ4n) is 2.46. The first-order valence-electron chi connectivity index (χ1n) is 7.44. The molecule has 2 heteroatoms. The Morgan fingerprint density at radius 1 is 1.18 bits per heavy atom. The summed E-state index contributed by atoms with van der Waals surface area (Å²) < 4.78 is 5.79. The summed E-state index contributed by atoms with van der Waals surface area (Å²) in [6.45, 7) is 11.2. The Morgan fingerprint density at radius 3 is 2.59 bits per heavy atom. The van der Waals surface area contributed by atoms with Gasteiger partial charge in [-0.15, -0.1) is 0 Å². The first kappa shape index (κ1) is 15.0. The number of hydrogen-bond donors (Lipinski definition) is 1. The van der Waals surface area contributed by atoms with Crippen LogP contribution in [0.4, 0.5) is 0 Å². The summed E-state index contributed by atoms with van der Waals surface area (Å²) in [5.74, 6) is 1.50. The highest BCUT2D eigenvalue weighted by molar-refractivity contribution is 4.78. The highest BCUT2D eigenvalue weighted by Crippen LogP contribution is 2.20. The lowest BCUT2D eigenvalue weighted by Crippen LogP contribution is -2.41. The van der Waals surface area contributed by atoms with Crippen LogP contribution in [0, 0.1) is 11.8 Å². The summed E-state index contributed by atoms with van der Waals surface area (Å²) in [4.78, 5) is 0. The molecule has 0 spiro atoms. The van der Waals surface area contributed by atoms with Gasteiger partial charge in [-0.05, 0) is 37.6 Å². The van der Waals surface area contributed by atoms with Crippen molar-refractivity contribution >= 4 is 0 Å². The Morgan fingerprint density at radius 2 is 1.94 bits per heavy atom. The van der Waals surface area contributed by atoms with Crippen molar-refractivity contribution in [2.24, 2.45) is 11.8 Å². The molecule has 17 heavy (non-hydrogen) atoms. The van der Waals surface area contributed by atoms with Crippen LogP contribution in [0.3, 0.4) is 0 Å². The second-order valence-electron chi connectivity index (χ2n) is 6.22. The summed E-state index contributed by atoms with van der Waals surface area (Å²) in [5, 5.41) is 3.70. The van der Waals surface area contributed by atoms with Gasteiger partial charge in [-0.25, -0.2) is 0 Å². The van der Waals surface area contributed by atoms with Crippen LogP contribution in [-0.4, -0.2) is 25.3 Å². The second kappa shape index (κ2) is 8.10. The van der Waals surface area contributed by atoms with Crippen molar-refractivity contribution in [2.75, 3.05) is 13.2 Å². The third kappa shape index (κ3) is 6.42. The Bertz CT molecular complexity index is 191. The molecule has 0 radical (unpaired) electrons. The molecule has 2 unspecified atom stereocenters. The third-order valence-electron chi connectivity index (χ3n) is 3.70. The maximum absolute atomic E-state index is 5.79. The molecule has 2 atom stereocenters. The highest BCUT2D eigenvalue weighted by Gasteiger charge is 2.24. The average molecular weight is 241 g/mol. The van der Waals surface area contributed by atoms with Gasteiger partial charge in [-0.2, -0.15) is 0 Å². The number of ether oxygens (including phenoxy) is 1. The zero-order valence-corrected chi connectivity index (χ0v) is 12.2. The summed E-state index contributed by atoms with van der Waals surface area (Å²) in [7, 11) is 0. The molecule has 0 aliphatic carbocycles. The van der Waals surface area contributed by atoms with Crippen molar-refractivity contribution < 1.29 is 4.74 Å². The topological polar surface area (TPSA) is 21.3 Å². The molecule has 2 nitrogen and oxygen atoms in total. The quantitative estimate of drug-likeness (QED) is 0.688. The molecule has 0 aromatic rings. The molecule has 0 saturated carbocycles. The van der Waals surface area contributed by atoms with Gasteiger partial charge in [0.15, 0.2) is 0 Å².